The number of nitrogens with one attached hydrogen (secondary N) is 2. The van der Waals surface area contributed by atoms with E-state index in [0.29, 0.717) is 12.2 Å². The first-order valence-corrected chi connectivity index (χ1v) is 5.96. The molecule has 1 aromatic rings. The largest absolute Gasteiger partial charge is 0.338 e. The zero-order chi connectivity index (χ0) is 13.6. The minimum absolute atomic E-state index is 0.117. The molecular formula is C13H18F2N2O. The highest BCUT2D eigenvalue weighted by molar-refractivity contribution is 5.89. The Bertz CT molecular complexity index is 402. The average molecular weight is 256 g/mol. The maximum absolute atomic E-state index is 13.1. The molecule has 0 aliphatic carbocycles. The number of anilines is 1. The van der Waals surface area contributed by atoms with Crippen LogP contribution in [0.5, 0.6) is 0 Å². The molecule has 0 spiro atoms. The average Bonchev–Trinajstić information content (AvgIpc) is 2.28. The first kappa shape index (κ1) is 14.4. The zero-order valence-corrected chi connectivity index (χ0v) is 10.6. The first-order chi connectivity index (χ1) is 8.43. The Morgan fingerprint density at radius 1 is 1.39 bits per heavy atom. The molecule has 5 heteroatoms. The van der Waals surface area contributed by atoms with Gasteiger partial charge in [0.2, 0.25) is 0 Å². The molecule has 0 unspecified atom stereocenters. The number of unbranched alkanes of at least 4 members (excludes halogenated alkanes) is 1. The number of rotatable bonds is 5. The third kappa shape index (κ3) is 4.69. The van der Waals surface area contributed by atoms with Crippen molar-refractivity contribution in [2.75, 3.05) is 11.9 Å². The van der Waals surface area contributed by atoms with Gasteiger partial charge in [-0.2, -0.15) is 0 Å². The summed E-state index contributed by atoms with van der Waals surface area (Å²) in [6.07, 6.45) is 1.87. The lowest BCUT2D eigenvalue weighted by Gasteiger charge is -2.12. The van der Waals surface area contributed by atoms with Crippen molar-refractivity contribution in [1.29, 1.82) is 0 Å². The van der Waals surface area contributed by atoms with Crippen LogP contribution in [0.1, 0.15) is 32.3 Å². The lowest BCUT2D eigenvalue weighted by atomic mass is 10.1. The van der Waals surface area contributed by atoms with Gasteiger partial charge in [0.1, 0.15) is 0 Å². The van der Waals surface area contributed by atoms with Crippen LogP contribution in [0.4, 0.5) is 19.3 Å². The number of urea groups is 1. The summed E-state index contributed by atoms with van der Waals surface area (Å²) in [5, 5.41) is 5.18. The fraction of sp³-hybridized carbons (Fsp3) is 0.462. The van der Waals surface area contributed by atoms with Crippen LogP contribution in [0.3, 0.4) is 0 Å². The Kier molecular flexibility index (Phi) is 5.07. The van der Waals surface area contributed by atoms with Gasteiger partial charge in [-0.3, -0.25) is 0 Å². The van der Waals surface area contributed by atoms with Crippen LogP contribution in [0.15, 0.2) is 24.3 Å². The van der Waals surface area contributed by atoms with E-state index in [-0.39, 0.29) is 11.6 Å². The van der Waals surface area contributed by atoms with E-state index in [1.807, 2.05) is 6.92 Å². The summed E-state index contributed by atoms with van der Waals surface area (Å²) in [6, 6.07) is 5.31. The summed E-state index contributed by atoms with van der Waals surface area (Å²) in [6.45, 7) is 3.42. The minimum atomic E-state index is -2.91. The predicted molar refractivity (Wildman–Crippen MR) is 67.9 cm³/mol. The third-order valence-corrected chi connectivity index (χ3v) is 2.44. The van der Waals surface area contributed by atoms with Crippen LogP contribution >= 0.6 is 0 Å². The Labute approximate surface area is 106 Å². The second kappa shape index (κ2) is 6.33. The normalized spacial score (nSPS) is 11.1. The van der Waals surface area contributed by atoms with Crippen molar-refractivity contribution >= 4 is 11.7 Å². The molecule has 0 saturated carbocycles. The molecule has 0 aliphatic heterocycles. The van der Waals surface area contributed by atoms with Gasteiger partial charge in [0, 0.05) is 24.7 Å². The molecule has 1 aromatic carbocycles. The van der Waals surface area contributed by atoms with Gasteiger partial charge in [0.25, 0.3) is 5.92 Å². The maximum atomic E-state index is 13.1. The van der Waals surface area contributed by atoms with Crippen molar-refractivity contribution in [3.8, 4) is 0 Å². The van der Waals surface area contributed by atoms with Gasteiger partial charge in [-0.15, -0.1) is 0 Å². The van der Waals surface area contributed by atoms with Crippen molar-refractivity contribution in [3.05, 3.63) is 29.8 Å². The van der Waals surface area contributed by atoms with Crippen LogP contribution in [-0.4, -0.2) is 12.6 Å². The van der Waals surface area contributed by atoms with Crippen molar-refractivity contribution in [3.63, 3.8) is 0 Å². The Hall–Kier alpha value is -1.65. The van der Waals surface area contributed by atoms with Crippen LogP contribution < -0.4 is 10.6 Å². The van der Waals surface area contributed by atoms with E-state index in [9.17, 15) is 13.6 Å². The standard InChI is InChI=1S/C13H18F2N2O/c1-3-4-8-16-12(18)17-11-7-5-6-10(9-11)13(2,14)15/h5-7,9H,3-4,8H2,1-2H3,(H2,16,17,18). The quantitative estimate of drug-likeness (QED) is 0.774. The van der Waals surface area contributed by atoms with Gasteiger partial charge >= 0.3 is 6.03 Å². The van der Waals surface area contributed by atoms with Crippen LogP contribution in [0, 0.1) is 0 Å². The predicted octanol–water partition coefficient (Wildman–Crippen LogP) is 3.72. The molecule has 3 nitrogen and oxygen atoms in total. The highest BCUT2D eigenvalue weighted by Crippen LogP contribution is 2.28. The summed E-state index contributed by atoms with van der Waals surface area (Å²) >= 11 is 0. The van der Waals surface area contributed by atoms with E-state index >= 15 is 0 Å². The van der Waals surface area contributed by atoms with Crippen molar-refractivity contribution in [2.45, 2.75) is 32.6 Å². The van der Waals surface area contributed by atoms with Gasteiger partial charge in [-0.05, 0) is 18.6 Å². The lowest BCUT2D eigenvalue weighted by Crippen LogP contribution is -2.29. The highest BCUT2D eigenvalue weighted by Gasteiger charge is 2.24. The van der Waals surface area contributed by atoms with Gasteiger partial charge in [-0.25, -0.2) is 13.6 Å². The lowest BCUT2D eigenvalue weighted by molar-refractivity contribution is 0.0175. The molecule has 0 fully saturated rings. The second-order valence-electron chi connectivity index (χ2n) is 4.20. The van der Waals surface area contributed by atoms with Gasteiger partial charge < -0.3 is 10.6 Å². The van der Waals surface area contributed by atoms with E-state index in [1.54, 1.807) is 6.07 Å². The van der Waals surface area contributed by atoms with E-state index in [2.05, 4.69) is 10.6 Å². The molecule has 1 rings (SSSR count). The summed E-state index contributed by atoms with van der Waals surface area (Å²) in [7, 11) is 0. The number of carbonyl (C=O) groups is 1. The van der Waals surface area contributed by atoms with Crippen LogP contribution in [0.25, 0.3) is 0 Å². The van der Waals surface area contributed by atoms with Gasteiger partial charge in [0.05, 0.1) is 0 Å². The molecule has 0 heterocycles. The Morgan fingerprint density at radius 3 is 2.72 bits per heavy atom. The first-order valence-electron chi connectivity index (χ1n) is 5.96. The van der Waals surface area contributed by atoms with Crippen LogP contribution in [0.2, 0.25) is 0 Å². The third-order valence-electron chi connectivity index (χ3n) is 2.44. The number of benzene rings is 1. The number of halogens is 2. The smallest absolute Gasteiger partial charge is 0.319 e. The minimum Gasteiger partial charge on any atom is -0.338 e. The number of hydrogen-bond donors (Lipinski definition) is 2. The van der Waals surface area contributed by atoms with Crippen molar-refractivity contribution in [2.24, 2.45) is 0 Å². The Morgan fingerprint density at radius 2 is 2.11 bits per heavy atom. The molecule has 18 heavy (non-hydrogen) atoms. The fourth-order valence-electron chi connectivity index (χ4n) is 1.42. The molecule has 2 N–H and O–H groups in total. The molecule has 0 saturated heterocycles. The molecule has 2 amide bonds. The van der Waals surface area contributed by atoms with E-state index in [1.165, 1.54) is 18.2 Å². The molecule has 0 aliphatic rings. The zero-order valence-electron chi connectivity index (χ0n) is 10.6. The van der Waals surface area contributed by atoms with Gasteiger partial charge in [-0.1, -0.05) is 25.5 Å². The number of hydrogen-bond acceptors (Lipinski definition) is 1. The molecule has 0 bridgehead atoms. The summed E-state index contributed by atoms with van der Waals surface area (Å²) in [5.74, 6) is -2.91. The maximum Gasteiger partial charge on any atom is 0.319 e. The topological polar surface area (TPSA) is 41.1 Å². The Balaban J connectivity index is 2.60. The van der Waals surface area contributed by atoms with Crippen molar-refractivity contribution < 1.29 is 13.6 Å². The fourth-order valence-corrected chi connectivity index (χ4v) is 1.42. The summed E-state index contributed by atoms with van der Waals surface area (Å²) in [5.41, 5.74) is 0.247. The van der Waals surface area contributed by atoms with Crippen molar-refractivity contribution in [1.82, 2.24) is 5.32 Å². The molecule has 0 radical (unpaired) electrons. The SMILES string of the molecule is CCCCNC(=O)Nc1cccc(C(C)(F)F)c1. The van der Waals surface area contributed by atoms with Crippen LogP contribution in [-0.2, 0) is 5.92 Å². The number of amides is 2. The number of carbonyl (C=O) groups excluding carboxylic acids is 1. The molecule has 0 atom stereocenters. The highest BCUT2D eigenvalue weighted by atomic mass is 19.3. The molecular weight excluding hydrogens is 238 g/mol. The molecule has 100 valence electrons. The van der Waals surface area contributed by atoms with E-state index < -0.39 is 5.92 Å². The summed E-state index contributed by atoms with van der Waals surface area (Å²) in [4.78, 5) is 11.4. The van der Waals surface area contributed by atoms with E-state index in [0.717, 1.165) is 19.8 Å². The monoisotopic (exact) mass is 256 g/mol. The number of alkyl halides is 2. The summed E-state index contributed by atoms with van der Waals surface area (Å²) < 4.78 is 26.2. The second-order valence-corrected chi connectivity index (χ2v) is 4.20. The van der Waals surface area contributed by atoms with Gasteiger partial charge in [0.15, 0.2) is 0 Å². The van der Waals surface area contributed by atoms with E-state index in [4.69, 9.17) is 0 Å². The molecule has 0 aromatic heterocycles.